The number of allylic oxidation sites excluding steroid dienone is 3. The summed E-state index contributed by atoms with van der Waals surface area (Å²) in [7, 11) is 3.20. The molecule has 2 atom stereocenters. The van der Waals surface area contributed by atoms with Gasteiger partial charge < -0.3 is 14.3 Å². The molecule has 2 aromatic carbocycles. The van der Waals surface area contributed by atoms with Crippen LogP contribution in [0.3, 0.4) is 0 Å². The molecule has 0 spiro atoms. The fourth-order valence-electron chi connectivity index (χ4n) is 5.24. The largest absolute Gasteiger partial charge is 0.420 e. The van der Waals surface area contributed by atoms with Crippen LogP contribution in [0, 0.1) is 11.2 Å². The highest BCUT2D eigenvalue weighted by molar-refractivity contribution is 6.31. The lowest BCUT2D eigenvalue weighted by Gasteiger charge is -2.41. The number of oxazole rings is 1. The van der Waals surface area contributed by atoms with E-state index in [1.807, 2.05) is 0 Å². The Morgan fingerprint density at radius 1 is 1.19 bits per heavy atom. The summed E-state index contributed by atoms with van der Waals surface area (Å²) < 4.78 is 102. The standard InChI is InChI=1S/C26H16ClF7N3O4Si/c1-25(8-12(28)2-3-16(25)27)21-18-14(35-22(38)10-4-11(26(32,33)34)6-13(29)5-10)7-15-20(19(18)23(39)37(21)42)41-24(40)36(15)9-17(30)31/h2-7,17,21H,8-9H2,1H3,(H,35,38)/t21-,25?/m0/s1. The van der Waals surface area contributed by atoms with Crippen molar-refractivity contribution >= 4 is 50.6 Å². The van der Waals surface area contributed by atoms with E-state index in [-0.39, 0.29) is 39.9 Å². The van der Waals surface area contributed by atoms with Gasteiger partial charge in [-0.3, -0.25) is 14.2 Å². The number of benzene rings is 2. The van der Waals surface area contributed by atoms with E-state index in [0.29, 0.717) is 16.7 Å². The van der Waals surface area contributed by atoms with Crippen molar-refractivity contribution in [1.29, 1.82) is 0 Å². The van der Waals surface area contributed by atoms with Gasteiger partial charge in [-0.1, -0.05) is 18.5 Å². The van der Waals surface area contributed by atoms with Crippen LogP contribution in [-0.4, -0.2) is 37.8 Å². The molecule has 7 nitrogen and oxygen atoms in total. The van der Waals surface area contributed by atoms with Gasteiger partial charge in [-0.2, -0.15) is 13.2 Å². The first kappa shape index (κ1) is 29.6. The first-order valence-corrected chi connectivity index (χ1v) is 12.8. The number of halogens is 8. The molecular weight excluding hydrogens is 615 g/mol. The summed E-state index contributed by atoms with van der Waals surface area (Å²) in [6.07, 6.45) is -6.02. The van der Waals surface area contributed by atoms with Crippen LogP contribution in [0.25, 0.3) is 11.1 Å². The van der Waals surface area contributed by atoms with Crippen LogP contribution in [0.15, 0.2) is 56.5 Å². The Labute approximate surface area is 239 Å². The number of hydrogen-bond acceptors (Lipinski definition) is 4. The average Bonchev–Trinajstić information content (AvgIpc) is 3.33. The second-order valence-corrected chi connectivity index (χ2v) is 10.8. The zero-order chi connectivity index (χ0) is 30.9. The Morgan fingerprint density at radius 3 is 2.52 bits per heavy atom. The molecule has 2 amide bonds. The minimum atomic E-state index is -5.00. The highest BCUT2D eigenvalue weighted by atomic mass is 35.5. The lowest BCUT2D eigenvalue weighted by atomic mass is 9.73. The van der Waals surface area contributed by atoms with Crippen molar-refractivity contribution in [2.45, 2.75) is 38.5 Å². The normalized spacial score (nSPS) is 20.7. The Morgan fingerprint density at radius 2 is 1.88 bits per heavy atom. The Hall–Kier alpha value is -3.85. The molecule has 2 heterocycles. The van der Waals surface area contributed by atoms with Gasteiger partial charge in [-0.05, 0) is 36.4 Å². The number of hydrogen-bond donors (Lipinski definition) is 1. The maximum atomic E-state index is 14.5. The van der Waals surface area contributed by atoms with E-state index in [1.165, 1.54) is 13.0 Å². The van der Waals surface area contributed by atoms with E-state index in [2.05, 4.69) is 15.7 Å². The second kappa shape index (κ2) is 10.2. The monoisotopic (exact) mass is 630 g/mol. The van der Waals surface area contributed by atoms with E-state index < -0.39 is 76.5 Å². The third kappa shape index (κ3) is 4.83. The summed E-state index contributed by atoms with van der Waals surface area (Å²) >= 11 is 6.48. The van der Waals surface area contributed by atoms with Gasteiger partial charge in [0.1, 0.15) is 11.6 Å². The SMILES string of the molecule is CC1([C@@H]2c3c(NC(=O)c4cc(F)cc(C(F)(F)F)c4)cc4c(oc(=O)n4CC(F)F)c3C(=O)N2[Si])CC(F)=CC=C1Cl. The van der Waals surface area contributed by atoms with E-state index >= 15 is 0 Å². The predicted octanol–water partition coefficient (Wildman–Crippen LogP) is 6.24. The molecule has 16 heteroatoms. The molecule has 0 saturated heterocycles. The summed E-state index contributed by atoms with van der Waals surface area (Å²) in [6.45, 7) is 0.336. The lowest BCUT2D eigenvalue weighted by molar-refractivity contribution is -0.137. The van der Waals surface area contributed by atoms with Crippen molar-refractivity contribution in [3.8, 4) is 0 Å². The third-order valence-electron chi connectivity index (χ3n) is 7.12. The zero-order valence-corrected chi connectivity index (χ0v) is 22.8. The average molecular weight is 631 g/mol. The van der Waals surface area contributed by atoms with Crippen LogP contribution in [-0.2, 0) is 12.7 Å². The summed E-state index contributed by atoms with van der Waals surface area (Å²) in [5.74, 6) is -5.40. The number of nitrogens with one attached hydrogen (secondary N) is 1. The molecule has 1 aromatic heterocycles. The van der Waals surface area contributed by atoms with Crippen molar-refractivity contribution in [3.63, 3.8) is 0 Å². The van der Waals surface area contributed by atoms with Crippen molar-refractivity contribution in [2.75, 3.05) is 5.32 Å². The van der Waals surface area contributed by atoms with E-state index in [9.17, 15) is 45.1 Å². The highest BCUT2D eigenvalue weighted by Crippen LogP contribution is 2.57. The zero-order valence-electron chi connectivity index (χ0n) is 21.1. The van der Waals surface area contributed by atoms with Crippen molar-refractivity contribution < 1.29 is 44.7 Å². The molecule has 0 saturated carbocycles. The van der Waals surface area contributed by atoms with Crippen LogP contribution in [0.5, 0.6) is 0 Å². The Balaban J connectivity index is 1.75. The molecule has 1 unspecified atom stereocenters. The first-order valence-electron chi connectivity index (χ1n) is 12.0. The molecular formula is C26H16ClF7N3O4Si. The van der Waals surface area contributed by atoms with Crippen molar-refractivity contribution in [3.05, 3.63) is 85.9 Å². The van der Waals surface area contributed by atoms with Crippen molar-refractivity contribution in [1.82, 2.24) is 9.13 Å². The number of aromatic nitrogens is 1. The summed E-state index contributed by atoms with van der Waals surface area (Å²) in [5, 5.41) is 2.39. The molecule has 1 aliphatic carbocycles. The number of rotatable bonds is 5. The fourth-order valence-corrected chi connectivity index (χ4v) is 6.00. The van der Waals surface area contributed by atoms with Gasteiger partial charge in [0.15, 0.2) is 16.0 Å². The number of alkyl halides is 5. The van der Waals surface area contributed by atoms with Gasteiger partial charge in [-0.15, -0.1) is 0 Å². The molecule has 0 fully saturated rings. The second-order valence-electron chi connectivity index (χ2n) is 9.91. The molecule has 1 aliphatic heterocycles. The van der Waals surface area contributed by atoms with Crippen molar-refractivity contribution in [2.24, 2.45) is 5.41 Å². The highest BCUT2D eigenvalue weighted by Gasteiger charge is 2.51. The van der Waals surface area contributed by atoms with Gasteiger partial charge in [-0.25, -0.2) is 22.4 Å². The van der Waals surface area contributed by atoms with E-state index in [4.69, 9.17) is 16.0 Å². The summed E-state index contributed by atoms with van der Waals surface area (Å²) in [4.78, 5) is 39.3. The molecule has 219 valence electrons. The van der Waals surface area contributed by atoms with Crippen LogP contribution in [0.1, 0.15) is 51.2 Å². The summed E-state index contributed by atoms with van der Waals surface area (Å²) in [5.41, 5.74) is -5.21. The number of anilines is 1. The number of fused-ring (bicyclic) bond motifs is 3. The Bertz CT molecular complexity index is 1780. The molecule has 1 N–H and O–H groups in total. The maximum absolute atomic E-state index is 14.5. The van der Waals surface area contributed by atoms with E-state index in [1.54, 1.807) is 0 Å². The minimum absolute atomic E-state index is 0.0758. The van der Waals surface area contributed by atoms with E-state index in [0.717, 1.165) is 16.7 Å². The number of carbonyl (C=O) groups excluding carboxylic acids is 2. The van der Waals surface area contributed by atoms with Crippen LogP contribution < -0.4 is 11.1 Å². The van der Waals surface area contributed by atoms with Gasteiger partial charge in [0.2, 0.25) is 5.91 Å². The third-order valence-corrected chi connectivity index (χ3v) is 8.14. The van der Waals surface area contributed by atoms with Gasteiger partial charge >= 0.3 is 11.9 Å². The molecule has 42 heavy (non-hydrogen) atoms. The smallest absolute Gasteiger partial charge is 0.407 e. The van der Waals surface area contributed by atoms with Gasteiger partial charge in [0, 0.05) is 33.7 Å². The number of nitrogens with zero attached hydrogens (tertiary/aromatic N) is 2. The molecule has 0 bridgehead atoms. The van der Waals surface area contributed by atoms with Crippen LogP contribution in [0.2, 0.25) is 0 Å². The first-order chi connectivity index (χ1) is 19.5. The number of carbonyl (C=O) groups is 2. The topological polar surface area (TPSA) is 84.5 Å². The molecule has 3 radical (unpaired) electrons. The molecule has 5 rings (SSSR count). The fraction of sp³-hybridized carbons (Fsp3) is 0.269. The Kier molecular flexibility index (Phi) is 7.16. The minimum Gasteiger partial charge on any atom is -0.407 e. The molecule has 3 aromatic rings. The summed E-state index contributed by atoms with van der Waals surface area (Å²) in [6, 6.07) is 0.900. The maximum Gasteiger partial charge on any atom is 0.420 e. The van der Waals surface area contributed by atoms with Gasteiger partial charge in [0.05, 0.1) is 29.2 Å². The number of amides is 2. The predicted molar refractivity (Wildman–Crippen MR) is 136 cm³/mol. The quantitative estimate of drug-likeness (QED) is 0.267. The van der Waals surface area contributed by atoms with Crippen LogP contribution >= 0.6 is 11.6 Å². The lowest BCUT2D eigenvalue weighted by Crippen LogP contribution is -2.38. The van der Waals surface area contributed by atoms with Crippen LogP contribution in [0.4, 0.5) is 36.4 Å². The van der Waals surface area contributed by atoms with Gasteiger partial charge in [0.25, 0.3) is 12.3 Å². The molecule has 2 aliphatic rings.